The van der Waals surface area contributed by atoms with Crippen LogP contribution >= 0.6 is 0 Å². The van der Waals surface area contributed by atoms with E-state index in [2.05, 4.69) is 5.32 Å². The molecule has 1 saturated heterocycles. The summed E-state index contributed by atoms with van der Waals surface area (Å²) in [5.41, 5.74) is 0. The van der Waals surface area contributed by atoms with Crippen molar-refractivity contribution < 1.29 is 8.42 Å². The van der Waals surface area contributed by atoms with Crippen molar-refractivity contribution in [2.45, 2.75) is 12.3 Å². The molecule has 0 spiro atoms. The molecule has 1 fully saturated rings. The van der Waals surface area contributed by atoms with Crippen molar-refractivity contribution >= 4 is 9.84 Å². The van der Waals surface area contributed by atoms with Crippen LogP contribution in [0.3, 0.4) is 0 Å². The molecule has 0 saturated carbocycles. The van der Waals surface area contributed by atoms with Crippen molar-refractivity contribution in [2.75, 3.05) is 32.4 Å². The molecule has 1 radical (unpaired) electrons. The molecule has 1 aliphatic rings. The summed E-state index contributed by atoms with van der Waals surface area (Å²) in [6.45, 7) is 4.81. The van der Waals surface area contributed by atoms with E-state index in [1.165, 1.54) is 6.26 Å². The molecule has 1 unspecified atom stereocenters. The second kappa shape index (κ2) is 3.72. The van der Waals surface area contributed by atoms with Crippen LogP contribution in [0.25, 0.3) is 0 Å². The molecule has 4 nitrogen and oxygen atoms in total. The molecule has 1 heterocycles. The average molecular weight is 191 g/mol. The second-order valence-corrected chi connectivity index (χ2v) is 5.48. The Morgan fingerprint density at radius 3 is 2.25 bits per heavy atom. The summed E-state index contributed by atoms with van der Waals surface area (Å²) < 4.78 is 22.3. The molecule has 0 aromatic rings. The summed E-state index contributed by atoms with van der Waals surface area (Å²) in [5.74, 6) is 0. The maximum Gasteiger partial charge on any atom is 0.163 e. The summed E-state index contributed by atoms with van der Waals surface area (Å²) in [6, 6.07) is 0. The second-order valence-electron chi connectivity index (χ2n) is 3.14. The monoisotopic (exact) mass is 191 g/mol. The largest absolute Gasteiger partial charge is 0.285 e. The van der Waals surface area contributed by atoms with Gasteiger partial charge in [0.25, 0.3) is 0 Å². The lowest BCUT2D eigenvalue weighted by atomic mass is 10.4. The van der Waals surface area contributed by atoms with Crippen molar-refractivity contribution in [3.05, 3.63) is 0 Å². The molecule has 1 aliphatic heterocycles. The van der Waals surface area contributed by atoms with Gasteiger partial charge < -0.3 is 0 Å². The Balaban J connectivity index is 2.57. The zero-order chi connectivity index (χ0) is 9.19. The van der Waals surface area contributed by atoms with Gasteiger partial charge in [0.15, 0.2) is 9.84 Å². The predicted octanol–water partition coefficient (Wildman–Crippen LogP) is -0.703. The van der Waals surface area contributed by atoms with Gasteiger partial charge in [-0.2, -0.15) is 0 Å². The lowest BCUT2D eigenvalue weighted by molar-refractivity contribution is 0.225. The van der Waals surface area contributed by atoms with Crippen LogP contribution < -0.4 is 5.32 Å². The summed E-state index contributed by atoms with van der Waals surface area (Å²) in [4.78, 5) is 1.96. The maximum absolute atomic E-state index is 11.2. The van der Waals surface area contributed by atoms with Gasteiger partial charge in [0.2, 0.25) is 0 Å². The molecule has 0 aromatic heterocycles. The molecule has 1 rings (SSSR count). The number of sulfone groups is 1. The van der Waals surface area contributed by atoms with Crippen LogP contribution in [-0.4, -0.2) is 51.1 Å². The number of rotatable bonds is 2. The highest BCUT2D eigenvalue weighted by atomic mass is 32.2. The Bertz CT molecular complexity index is 232. The van der Waals surface area contributed by atoms with E-state index in [4.69, 9.17) is 0 Å². The van der Waals surface area contributed by atoms with E-state index in [-0.39, 0.29) is 5.37 Å². The van der Waals surface area contributed by atoms with Crippen LogP contribution in [0.1, 0.15) is 6.92 Å². The van der Waals surface area contributed by atoms with E-state index >= 15 is 0 Å². The van der Waals surface area contributed by atoms with Gasteiger partial charge in [-0.25, -0.2) is 13.7 Å². The Labute approximate surface area is 73.9 Å². The molecule has 0 bridgehead atoms. The molecule has 0 aliphatic carbocycles. The minimum atomic E-state index is -2.92. The molecule has 0 aromatic carbocycles. The van der Waals surface area contributed by atoms with Crippen LogP contribution in [-0.2, 0) is 9.84 Å². The van der Waals surface area contributed by atoms with Crippen LogP contribution in [0.4, 0.5) is 0 Å². The first-order valence-corrected chi connectivity index (χ1v) is 6.03. The fourth-order valence-corrected chi connectivity index (χ4v) is 2.01. The zero-order valence-electron chi connectivity index (χ0n) is 7.52. The van der Waals surface area contributed by atoms with Crippen molar-refractivity contribution in [1.82, 2.24) is 10.2 Å². The Kier molecular flexibility index (Phi) is 3.09. The predicted molar refractivity (Wildman–Crippen MR) is 47.7 cm³/mol. The normalized spacial score (nSPS) is 23.8. The number of piperazine rings is 1. The molecule has 5 heteroatoms. The highest BCUT2D eigenvalue weighted by Gasteiger charge is 2.24. The van der Waals surface area contributed by atoms with Crippen LogP contribution in [0.2, 0.25) is 0 Å². The first-order chi connectivity index (χ1) is 5.52. The third-order valence-electron chi connectivity index (χ3n) is 2.22. The van der Waals surface area contributed by atoms with Crippen LogP contribution in [0.5, 0.6) is 0 Å². The van der Waals surface area contributed by atoms with E-state index in [0.717, 1.165) is 26.2 Å². The van der Waals surface area contributed by atoms with E-state index in [9.17, 15) is 8.42 Å². The third-order valence-corrected chi connectivity index (χ3v) is 3.76. The van der Waals surface area contributed by atoms with Crippen molar-refractivity contribution in [3.63, 3.8) is 0 Å². The minimum Gasteiger partial charge on any atom is -0.285 e. The van der Waals surface area contributed by atoms with Gasteiger partial charge in [0.05, 0.1) is 0 Å². The fourth-order valence-electron chi connectivity index (χ4n) is 1.26. The molecular formula is C7H15N2O2S. The van der Waals surface area contributed by atoms with Gasteiger partial charge in [0.1, 0.15) is 5.37 Å². The van der Waals surface area contributed by atoms with Gasteiger partial charge in [-0.15, -0.1) is 0 Å². The number of hydrogen-bond donors (Lipinski definition) is 0. The van der Waals surface area contributed by atoms with Gasteiger partial charge in [-0.3, -0.25) is 4.90 Å². The molecular weight excluding hydrogens is 176 g/mol. The molecule has 1 atom stereocenters. The highest BCUT2D eigenvalue weighted by molar-refractivity contribution is 7.91. The van der Waals surface area contributed by atoms with Gasteiger partial charge >= 0.3 is 0 Å². The topological polar surface area (TPSA) is 51.5 Å². The van der Waals surface area contributed by atoms with Crippen LogP contribution in [0.15, 0.2) is 0 Å². The molecule has 12 heavy (non-hydrogen) atoms. The summed E-state index contributed by atoms with van der Waals surface area (Å²) in [6.07, 6.45) is 1.28. The van der Waals surface area contributed by atoms with E-state index in [1.54, 1.807) is 6.92 Å². The van der Waals surface area contributed by atoms with E-state index in [0.29, 0.717) is 0 Å². The third kappa shape index (κ3) is 2.43. The Morgan fingerprint density at radius 1 is 1.33 bits per heavy atom. The first-order valence-electron chi connectivity index (χ1n) is 4.08. The standard InChI is InChI=1S/C7H15N2O2S/c1-7(12(2,10)11)9-5-3-8-4-6-9/h7H,3-6H2,1-2H3. The number of nitrogens with zero attached hydrogens (tertiary/aromatic N) is 2. The summed E-state index contributed by atoms with van der Waals surface area (Å²) in [7, 11) is -2.92. The fraction of sp³-hybridized carbons (Fsp3) is 1.00. The molecule has 0 amide bonds. The quantitative estimate of drug-likeness (QED) is 0.580. The van der Waals surface area contributed by atoms with Gasteiger partial charge in [0, 0.05) is 32.4 Å². The first kappa shape index (κ1) is 9.95. The average Bonchev–Trinajstić information content (AvgIpc) is 2.03. The zero-order valence-corrected chi connectivity index (χ0v) is 8.34. The van der Waals surface area contributed by atoms with Crippen molar-refractivity contribution in [2.24, 2.45) is 0 Å². The number of hydrogen-bond acceptors (Lipinski definition) is 3. The minimum absolute atomic E-state index is 0.354. The lowest BCUT2D eigenvalue weighted by Crippen LogP contribution is -2.47. The van der Waals surface area contributed by atoms with Crippen molar-refractivity contribution in [3.8, 4) is 0 Å². The Morgan fingerprint density at radius 2 is 1.83 bits per heavy atom. The van der Waals surface area contributed by atoms with Crippen LogP contribution in [0, 0.1) is 0 Å². The van der Waals surface area contributed by atoms with Crippen molar-refractivity contribution in [1.29, 1.82) is 0 Å². The smallest absolute Gasteiger partial charge is 0.163 e. The maximum atomic E-state index is 11.2. The summed E-state index contributed by atoms with van der Waals surface area (Å²) in [5, 5.41) is 3.80. The van der Waals surface area contributed by atoms with Gasteiger partial charge in [-0.1, -0.05) is 0 Å². The molecule has 0 N–H and O–H groups in total. The SMILES string of the molecule is CC(N1CC[N]CC1)S(C)(=O)=O. The summed E-state index contributed by atoms with van der Waals surface area (Å²) >= 11 is 0. The molecule has 71 valence electrons. The van der Waals surface area contributed by atoms with E-state index < -0.39 is 9.84 Å². The van der Waals surface area contributed by atoms with E-state index in [1.807, 2.05) is 4.90 Å². The highest BCUT2D eigenvalue weighted by Crippen LogP contribution is 2.06. The van der Waals surface area contributed by atoms with Gasteiger partial charge in [-0.05, 0) is 6.92 Å². The lowest BCUT2D eigenvalue weighted by Gasteiger charge is -2.30. The Hall–Kier alpha value is -0.130.